The van der Waals surface area contributed by atoms with Crippen molar-refractivity contribution in [3.8, 4) is 0 Å². The number of methoxy groups -OCH3 is 1. The van der Waals surface area contributed by atoms with Crippen LogP contribution in [0.25, 0.3) is 0 Å². The second kappa shape index (κ2) is 19.5. The van der Waals surface area contributed by atoms with Gasteiger partial charge < -0.3 is 14.6 Å². The van der Waals surface area contributed by atoms with Crippen molar-refractivity contribution in [1.82, 2.24) is 0 Å². The van der Waals surface area contributed by atoms with Gasteiger partial charge in [0.25, 0.3) is 0 Å². The maximum Gasteiger partial charge on any atom is 0.305 e. The lowest BCUT2D eigenvalue weighted by atomic mass is 10.1. The van der Waals surface area contributed by atoms with E-state index in [1.807, 2.05) is 0 Å². The van der Waals surface area contributed by atoms with Crippen LogP contribution in [0.15, 0.2) is 12.2 Å². The van der Waals surface area contributed by atoms with Crippen LogP contribution in [-0.2, 0) is 14.3 Å². The van der Waals surface area contributed by atoms with Gasteiger partial charge in [-0.1, -0.05) is 64.0 Å². The fourth-order valence-electron chi connectivity index (χ4n) is 2.67. The summed E-state index contributed by atoms with van der Waals surface area (Å²) in [5.74, 6) is -0.117. The average Bonchev–Trinajstić information content (AvgIpc) is 2.60. The van der Waals surface area contributed by atoms with E-state index in [0.29, 0.717) is 19.6 Å². The van der Waals surface area contributed by atoms with Gasteiger partial charge in [0.05, 0.1) is 12.7 Å². The second-order valence-corrected chi connectivity index (χ2v) is 6.73. The van der Waals surface area contributed by atoms with Gasteiger partial charge in [-0.3, -0.25) is 4.79 Å². The lowest BCUT2D eigenvalue weighted by Gasteiger charge is -2.07. The molecule has 0 aliphatic heterocycles. The standard InChI is InChI=1S/C21H40O4/c1-3-4-5-12-15-20(22)16-13-10-8-6-7-9-11-14-17-21(23)25-19-18-24-2/h10,13,20,22H,3-9,11-12,14-19H2,1-2H3/b13-10-. The number of aliphatic hydroxyl groups is 1. The summed E-state index contributed by atoms with van der Waals surface area (Å²) in [6, 6.07) is 0. The van der Waals surface area contributed by atoms with Gasteiger partial charge >= 0.3 is 5.97 Å². The van der Waals surface area contributed by atoms with E-state index in [0.717, 1.165) is 38.5 Å². The summed E-state index contributed by atoms with van der Waals surface area (Å²) in [6.07, 6.45) is 17.9. The number of rotatable bonds is 18. The molecular weight excluding hydrogens is 316 g/mol. The van der Waals surface area contributed by atoms with Crippen molar-refractivity contribution < 1.29 is 19.4 Å². The van der Waals surface area contributed by atoms with Crippen LogP contribution in [-0.4, -0.2) is 37.5 Å². The number of aliphatic hydroxyl groups excluding tert-OH is 1. The van der Waals surface area contributed by atoms with Crippen LogP contribution in [0.3, 0.4) is 0 Å². The third-order valence-electron chi connectivity index (χ3n) is 4.27. The number of unbranched alkanes of at least 4 members (excludes halogenated alkanes) is 8. The van der Waals surface area contributed by atoms with E-state index in [9.17, 15) is 9.90 Å². The Kier molecular flexibility index (Phi) is 18.8. The minimum atomic E-state index is -0.170. The number of esters is 1. The topological polar surface area (TPSA) is 55.8 Å². The van der Waals surface area contributed by atoms with Crippen molar-refractivity contribution >= 4 is 5.97 Å². The molecule has 0 saturated carbocycles. The van der Waals surface area contributed by atoms with E-state index in [4.69, 9.17) is 9.47 Å². The van der Waals surface area contributed by atoms with Crippen LogP contribution in [0.1, 0.15) is 90.4 Å². The molecule has 0 aromatic carbocycles. The summed E-state index contributed by atoms with van der Waals surface area (Å²) < 4.78 is 9.85. The third-order valence-corrected chi connectivity index (χ3v) is 4.27. The highest BCUT2D eigenvalue weighted by Crippen LogP contribution is 2.10. The molecule has 0 aliphatic rings. The van der Waals surface area contributed by atoms with Gasteiger partial charge in [0.15, 0.2) is 0 Å². The summed E-state index contributed by atoms with van der Waals surface area (Å²) in [5, 5.41) is 9.87. The third kappa shape index (κ3) is 19.3. The van der Waals surface area contributed by atoms with E-state index in [2.05, 4.69) is 19.1 Å². The van der Waals surface area contributed by atoms with Gasteiger partial charge in [0.1, 0.15) is 6.61 Å². The highest BCUT2D eigenvalue weighted by molar-refractivity contribution is 5.69. The molecule has 1 unspecified atom stereocenters. The van der Waals surface area contributed by atoms with E-state index in [-0.39, 0.29) is 12.1 Å². The zero-order chi connectivity index (χ0) is 18.6. The summed E-state index contributed by atoms with van der Waals surface area (Å²) in [4.78, 5) is 11.4. The monoisotopic (exact) mass is 356 g/mol. The van der Waals surface area contributed by atoms with Gasteiger partial charge in [-0.15, -0.1) is 0 Å². The van der Waals surface area contributed by atoms with E-state index in [1.54, 1.807) is 7.11 Å². The summed E-state index contributed by atoms with van der Waals surface area (Å²) in [6.45, 7) is 3.03. The zero-order valence-electron chi connectivity index (χ0n) is 16.5. The first kappa shape index (κ1) is 24.1. The fraction of sp³-hybridized carbons (Fsp3) is 0.857. The Hall–Kier alpha value is -0.870. The Bertz CT molecular complexity index is 315. The van der Waals surface area contributed by atoms with Crippen molar-refractivity contribution in [1.29, 1.82) is 0 Å². The summed E-state index contributed by atoms with van der Waals surface area (Å²) in [5.41, 5.74) is 0. The highest BCUT2D eigenvalue weighted by Gasteiger charge is 2.02. The van der Waals surface area contributed by atoms with Gasteiger partial charge in [-0.05, 0) is 32.1 Å². The molecule has 0 aromatic heterocycles. The SMILES string of the molecule is CCCCCCC(O)C/C=C\CCCCCCCC(=O)OCCOC. The second-order valence-electron chi connectivity index (χ2n) is 6.73. The maximum atomic E-state index is 11.4. The molecule has 4 heteroatoms. The van der Waals surface area contributed by atoms with Crippen molar-refractivity contribution in [3.05, 3.63) is 12.2 Å². The first-order valence-corrected chi connectivity index (χ1v) is 10.2. The van der Waals surface area contributed by atoms with E-state index in [1.165, 1.54) is 38.5 Å². The number of hydrogen-bond acceptors (Lipinski definition) is 4. The van der Waals surface area contributed by atoms with E-state index < -0.39 is 0 Å². The van der Waals surface area contributed by atoms with Crippen LogP contribution in [0.4, 0.5) is 0 Å². The molecule has 0 aliphatic carbocycles. The van der Waals surface area contributed by atoms with Crippen LogP contribution in [0.2, 0.25) is 0 Å². The zero-order valence-corrected chi connectivity index (χ0v) is 16.5. The molecule has 0 saturated heterocycles. The molecule has 0 amide bonds. The molecule has 4 nitrogen and oxygen atoms in total. The molecule has 0 bridgehead atoms. The number of allylic oxidation sites excluding steroid dienone is 1. The Morgan fingerprint density at radius 2 is 1.68 bits per heavy atom. The van der Waals surface area contributed by atoms with Crippen LogP contribution >= 0.6 is 0 Å². The molecule has 0 radical (unpaired) electrons. The molecule has 25 heavy (non-hydrogen) atoms. The maximum absolute atomic E-state index is 11.4. The Morgan fingerprint density at radius 1 is 0.960 bits per heavy atom. The van der Waals surface area contributed by atoms with Gasteiger partial charge in [0.2, 0.25) is 0 Å². The normalized spacial score (nSPS) is 12.6. The quantitative estimate of drug-likeness (QED) is 0.209. The first-order valence-electron chi connectivity index (χ1n) is 10.2. The van der Waals surface area contributed by atoms with Crippen molar-refractivity contribution in [2.45, 2.75) is 96.5 Å². The molecular formula is C21H40O4. The minimum absolute atomic E-state index is 0.117. The number of carbonyl (C=O) groups excluding carboxylic acids is 1. The van der Waals surface area contributed by atoms with Crippen molar-refractivity contribution in [2.24, 2.45) is 0 Å². The van der Waals surface area contributed by atoms with E-state index >= 15 is 0 Å². The Morgan fingerprint density at radius 3 is 2.44 bits per heavy atom. The first-order chi connectivity index (χ1) is 12.2. The molecule has 1 atom stereocenters. The minimum Gasteiger partial charge on any atom is -0.463 e. The molecule has 0 rings (SSSR count). The highest BCUT2D eigenvalue weighted by atomic mass is 16.6. The predicted molar refractivity (Wildman–Crippen MR) is 104 cm³/mol. The van der Waals surface area contributed by atoms with Crippen molar-refractivity contribution in [2.75, 3.05) is 20.3 Å². The summed E-state index contributed by atoms with van der Waals surface area (Å²) >= 11 is 0. The van der Waals surface area contributed by atoms with Crippen LogP contribution < -0.4 is 0 Å². The number of ether oxygens (including phenoxy) is 2. The van der Waals surface area contributed by atoms with Crippen molar-refractivity contribution in [3.63, 3.8) is 0 Å². The molecule has 148 valence electrons. The summed E-state index contributed by atoms with van der Waals surface area (Å²) in [7, 11) is 1.60. The fourth-order valence-corrected chi connectivity index (χ4v) is 2.67. The van der Waals surface area contributed by atoms with Gasteiger partial charge in [-0.25, -0.2) is 0 Å². The Balaban J connectivity index is 3.30. The Labute approximate surface area is 155 Å². The molecule has 0 heterocycles. The van der Waals surface area contributed by atoms with Gasteiger partial charge in [-0.2, -0.15) is 0 Å². The molecule has 0 spiro atoms. The smallest absolute Gasteiger partial charge is 0.305 e. The number of hydrogen-bond donors (Lipinski definition) is 1. The van der Waals surface area contributed by atoms with Gasteiger partial charge in [0, 0.05) is 13.5 Å². The lowest BCUT2D eigenvalue weighted by Crippen LogP contribution is -2.09. The number of carbonyl (C=O) groups is 1. The predicted octanol–water partition coefficient (Wildman–Crippen LogP) is 5.18. The molecule has 1 N–H and O–H groups in total. The largest absolute Gasteiger partial charge is 0.463 e. The van der Waals surface area contributed by atoms with Crippen LogP contribution in [0, 0.1) is 0 Å². The molecule has 0 aromatic rings. The van der Waals surface area contributed by atoms with Crippen LogP contribution in [0.5, 0.6) is 0 Å². The average molecular weight is 357 g/mol. The molecule has 0 fully saturated rings. The lowest BCUT2D eigenvalue weighted by molar-refractivity contribution is -0.145.